The Kier molecular flexibility index (Phi) is 3.94. The van der Waals surface area contributed by atoms with Crippen molar-refractivity contribution in [2.75, 3.05) is 32.8 Å². The van der Waals surface area contributed by atoms with Gasteiger partial charge in [0.15, 0.2) is 11.5 Å². The molecule has 0 bridgehead atoms. The van der Waals surface area contributed by atoms with Crippen LogP contribution >= 0.6 is 0 Å². The van der Waals surface area contributed by atoms with E-state index in [4.69, 9.17) is 9.47 Å². The molecular formula is C16H21NO3. The van der Waals surface area contributed by atoms with Crippen molar-refractivity contribution in [3.63, 3.8) is 0 Å². The maximum Gasteiger partial charge on any atom is 0.161 e. The third-order valence-electron chi connectivity index (χ3n) is 3.90. The largest absolute Gasteiger partial charge is 0.486 e. The first-order valence-electron chi connectivity index (χ1n) is 7.19. The van der Waals surface area contributed by atoms with Crippen LogP contribution in [0, 0.1) is 0 Å². The van der Waals surface area contributed by atoms with E-state index in [0.29, 0.717) is 13.2 Å². The minimum Gasteiger partial charge on any atom is -0.486 e. The molecule has 1 N–H and O–H groups in total. The summed E-state index contributed by atoms with van der Waals surface area (Å²) in [5.74, 6) is 1.50. The van der Waals surface area contributed by atoms with Crippen LogP contribution in [0.5, 0.6) is 11.5 Å². The summed E-state index contributed by atoms with van der Waals surface area (Å²) in [6.45, 7) is 8.09. The molecule has 2 heterocycles. The van der Waals surface area contributed by atoms with Gasteiger partial charge in [0.25, 0.3) is 0 Å². The molecule has 0 unspecified atom stereocenters. The lowest BCUT2D eigenvalue weighted by Crippen LogP contribution is -2.22. The molecule has 3 rings (SSSR count). The monoisotopic (exact) mass is 275 g/mol. The predicted octanol–water partition coefficient (Wildman–Crippen LogP) is 2.14. The maximum absolute atomic E-state index is 10.3. The normalized spacial score (nSPS) is 20.1. The number of hydrogen-bond donors (Lipinski definition) is 1. The van der Waals surface area contributed by atoms with Crippen molar-refractivity contribution in [3.8, 4) is 11.5 Å². The first kappa shape index (κ1) is 13.5. The highest BCUT2D eigenvalue weighted by Gasteiger charge is 2.18. The highest BCUT2D eigenvalue weighted by molar-refractivity contribution is 5.44. The second-order valence-electron chi connectivity index (χ2n) is 5.48. The molecule has 4 nitrogen and oxygen atoms in total. The van der Waals surface area contributed by atoms with Crippen LogP contribution in [0.4, 0.5) is 0 Å². The minimum absolute atomic E-state index is 0.459. The Hall–Kier alpha value is -1.52. The summed E-state index contributed by atoms with van der Waals surface area (Å²) in [5, 5.41) is 10.3. The zero-order valence-electron chi connectivity index (χ0n) is 11.7. The lowest BCUT2D eigenvalue weighted by atomic mass is 10.1. The number of likely N-dealkylation sites (tertiary alicyclic amines) is 1. The molecular weight excluding hydrogens is 254 g/mol. The average molecular weight is 275 g/mol. The lowest BCUT2D eigenvalue weighted by Gasteiger charge is -2.21. The standard InChI is InChI=1S/C16H21NO3/c1-12-4-6-17(11-12)7-5-14(18)13-2-3-15-16(10-13)20-9-8-19-15/h2-3,10,14,18H,1,4-9,11H2/t14-/m1/s1. The predicted molar refractivity (Wildman–Crippen MR) is 77.2 cm³/mol. The van der Waals surface area contributed by atoms with E-state index < -0.39 is 6.10 Å². The van der Waals surface area contributed by atoms with Crippen molar-refractivity contribution in [2.24, 2.45) is 0 Å². The van der Waals surface area contributed by atoms with Gasteiger partial charge in [-0.05, 0) is 30.5 Å². The third-order valence-corrected chi connectivity index (χ3v) is 3.90. The van der Waals surface area contributed by atoms with E-state index in [2.05, 4.69) is 11.5 Å². The summed E-state index contributed by atoms with van der Waals surface area (Å²) in [4.78, 5) is 2.34. The van der Waals surface area contributed by atoms with Gasteiger partial charge in [-0.25, -0.2) is 0 Å². The fourth-order valence-corrected chi connectivity index (χ4v) is 2.72. The van der Waals surface area contributed by atoms with E-state index in [1.54, 1.807) is 0 Å². The zero-order valence-corrected chi connectivity index (χ0v) is 11.7. The quantitative estimate of drug-likeness (QED) is 0.855. The van der Waals surface area contributed by atoms with E-state index in [-0.39, 0.29) is 0 Å². The molecule has 0 aromatic heterocycles. The first-order valence-corrected chi connectivity index (χ1v) is 7.19. The van der Waals surface area contributed by atoms with Crippen LogP contribution in [0.3, 0.4) is 0 Å². The van der Waals surface area contributed by atoms with Crippen LogP contribution in [0.15, 0.2) is 30.4 Å². The maximum atomic E-state index is 10.3. The smallest absolute Gasteiger partial charge is 0.161 e. The van der Waals surface area contributed by atoms with E-state index in [1.807, 2.05) is 18.2 Å². The van der Waals surface area contributed by atoms with E-state index in [9.17, 15) is 5.11 Å². The van der Waals surface area contributed by atoms with E-state index in [0.717, 1.165) is 49.5 Å². The van der Waals surface area contributed by atoms with Gasteiger partial charge in [0, 0.05) is 19.6 Å². The highest BCUT2D eigenvalue weighted by Crippen LogP contribution is 2.33. The molecule has 2 aliphatic heterocycles. The number of nitrogens with zero attached hydrogens (tertiary/aromatic N) is 1. The lowest BCUT2D eigenvalue weighted by molar-refractivity contribution is 0.146. The van der Waals surface area contributed by atoms with Gasteiger partial charge < -0.3 is 14.6 Å². The second kappa shape index (κ2) is 5.85. The molecule has 1 aromatic carbocycles. The summed E-state index contributed by atoms with van der Waals surface area (Å²) in [7, 11) is 0. The Bertz CT molecular complexity index is 500. The van der Waals surface area contributed by atoms with Gasteiger partial charge in [-0.1, -0.05) is 18.2 Å². The average Bonchev–Trinajstić information content (AvgIpc) is 2.90. The zero-order chi connectivity index (χ0) is 13.9. The molecule has 0 saturated carbocycles. The Morgan fingerprint density at radius 2 is 2.05 bits per heavy atom. The van der Waals surface area contributed by atoms with Gasteiger partial charge in [0.1, 0.15) is 13.2 Å². The van der Waals surface area contributed by atoms with Crippen LogP contribution in [0.2, 0.25) is 0 Å². The van der Waals surface area contributed by atoms with Crippen molar-refractivity contribution >= 4 is 0 Å². The minimum atomic E-state index is -0.459. The molecule has 0 radical (unpaired) electrons. The van der Waals surface area contributed by atoms with Crippen molar-refractivity contribution in [3.05, 3.63) is 35.9 Å². The van der Waals surface area contributed by atoms with Crippen LogP contribution < -0.4 is 9.47 Å². The number of hydrogen-bond acceptors (Lipinski definition) is 4. The summed E-state index contributed by atoms with van der Waals surface area (Å²) in [6.07, 6.45) is 1.35. The van der Waals surface area contributed by atoms with Crippen LogP contribution in [0.25, 0.3) is 0 Å². The van der Waals surface area contributed by atoms with Gasteiger partial charge in [-0.2, -0.15) is 0 Å². The highest BCUT2D eigenvalue weighted by atomic mass is 16.6. The fraction of sp³-hybridized carbons (Fsp3) is 0.500. The molecule has 1 fully saturated rings. The van der Waals surface area contributed by atoms with Gasteiger partial charge in [-0.3, -0.25) is 4.90 Å². The fourth-order valence-electron chi connectivity index (χ4n) is 2.72. The summed E-state index contributed by atoms with van der Waals surface area (Å²) >= 11 is 0. The van der Waals surface area contributed by atoms with Crippen LogP contribution in [-0.2, 0) is 0 Å². The summed E-state index contributed by atoms with van der Waals surface area (Å²) in [5.41, 5.74) is 2.19. The van der Waals surface area contributed by atoms with Gasteiger partial charge >= 0.3 is 0 Å². The molecule has 4 heteroatoms. The number of rotatable bonds is 4. The number of aliphatic hydroxyl groups excluding tert-OH is 1. The van der Waals surface area contributed by atoms with Gasteiger partial charge in [0.05, 0.1) is 6.10 Å². The van der Waals surface area contributed by atoms with E-state index >= 15 is 0 Å². The molecule has 0 aliphatic carbocycles. The van der Waals surface area contributed by atoms with Crippen molar-refractivity contribution in [2.45, 2.75) is 18.9 Å². The topological polar surface area (TPSA) is 41.9 Å². The Morgan fingerprint density at radius 3 is 2.80 bits per heavy atom. The SMILES string of the molecule is C=C1CCN(CC[C@@H](O)c2ccc3c(c2)OCCO3)C1. The third kappa shape index (κ3) is 2.97. The molecule has 1 aromatic rings. The molecule has 108 valence electrons. The number of benzene rings is 1. The van der Waals surface area contributed by atoms with E-state index in [1.165, 1.54) is 5.57 Å². The Morgan fingerprint density at radius 1 is 1.25 bits per heavy atom. The first-order chi connectivity index (χ1) is 9.72. The molecule has 0 spiro atoms. The summed E-state index contributed by atoms with van der Waals surface area (Å²) < 4.78 is 11.0. The summed E-state index contributed by atoms with van der Waals surface area (Å²) in [6, 6.07) is 5.69. The van der Waals surface area contributed by atoms with Crippen molar-refractivity contribution in [1.29, 1.82) is 0 Å². The molecule has 1 saturated heterocycles. The molecule has 2 aliphatic rings. The van der Waals surface area contributed by atoms with Crippen molar-refractivity contribution < 1.29 is 14.6 Å². The Labute approximate surface area is 119 Å². The molecule has 20 heavy (non-hydrogen) atoms. The number of fused-ring (bicyclic) bond motifs is 1. The molecule has 1 atom stereocenters. The molecule has 0 amide bonds. The van der Waals surface area contributed by atoms with Crippen LogP contribution in [0.1, 0.15) is 24.5 Å². The van der Waals surface area contributed by atoms with Gasteiger partial charge in [0.2, 0.25) is 0 Å². The number of ether oxygens (including phenoxy) is 2. The van der Waals surface area contributed by atoms with Gasteiger partial charge in [-0.15, -0.1) is 0 Å². The number of aliphatic hydroxyl groups is 1. The Balaban J connectivity index is 1.59. The van der Waals surface area contributed by atoms with Crippen molar-refractivity contribution in [1.82, 2.24) is 4.90 Å². The second-order valence-corrected chi connectivity index (χ2v) is 5.48. The van der Waals surface area contributed by atoms with Crippen LogP contribution in [-0.4, -0.2) is 42.9 Å².